The van der Waals surface area contributed by atoms with Crippen LogP contribution in [0.4, 0.5) is 13.2 Å². The highest BCUT2D eigenvalue weighted by molar-refractivity contribution is 5.36. The Bertz CT molecular complexity index is 588. The van der Waals surface area contributed by atoms with Crippen molar-refractivity contribution in [3.05, 3.63) is 47.8 Å². The number of hydrogen-bond acceptors (Lipinski definition) is 2. The SMILES string of the molecule is CC(C)CNCc1ccn(-c2cccc(C(F)(F)F)c2)n1. The average Bonchev–Trinajstić information content (AvgIpc) is 2.86. The minimum Gasteiger partial charge on any atom is -0.311 e. The number of alkyl halides is 3. The predicted octanol–water partition coefficient (Wildman–Crippen LogP) is 3.64. The molecular weight excluding hydrogens is 279 g/mol. The molecule has 2 rings (SSSR count). The lowest BCUT2D eigenvalue weighted by Crippen LogP contribution is -2.19. The van der Waals surface area contributed by atoms with Crippen molar-refractivity contribution in [3.63, 3.8) is 0 Å². The van der Waals surface area contributed by atoms with Gasteiger partial charge in [0.2, 0.25) is 0 Å². The van der Waals surface area contributed by atoms with Crippen LogP contribution in [-0.4, -0.2) is 16.3 Å². The van der Waals surface area contributed by atoms with E-state index in [1.165, 1.54) is 10.7 Å². The number of hydrogen-bond donors (Lipinski definition) is 1. The molecule has 21 heavy (non-hydrogen) atoms. The van der Waals surface area contributed by atoms with Crippen LogP contribution in [-0.2, 0) is 12.7 Å². The molecule has 0 radical (unpaired) electrons. The maximum atomic E-state index is 12.7. The first-order valence-corrected chi connectivity index (χ1v) is 6.79. The minimum atomic E-state index is -4.34. The molecular formula is C15H18F3N3. The maximum absolute atomic E-state index is 12.7. The van der Waals surface area contributed by atoms with Gasteiger partial charge in [0.05, 0.1) is 16.9 Å². The van der Waals surface area contributed by atoms with E-state index in [9.17, 15) is 13.2 Å². The summed E-state index contributed by atoms with van der Waals surface area (Å²) < 4.78 is 39.5. The third-order valence-corrected chi connectivity index (χ3v) is 2.94. The minimum absolute atomic E-state index is 0.403. The van der Waals surface area contributed by atoms with E-state index in [1.54, 1.807) is 18.3 Å². The Labute approximate surface area is 121 Å². The van der Waals surface area contributed by atoms with Gasteiger partial charge in [0.15, 0.2) is 0 Å². The molecule has 0 saturated carbocycles. The highest BCUT2D eigenvalue weighted by Gasteiger charge is 2.30. The number of nitrogens with zero attached hydrogens (tertiary/aromatic N) is 2. The van der Waals surface area contributed by atoms with Crippen LogP contribution in [0.25, 0.3) is 5.69 Å². The van der Waals surface area contributed by atoms with Gasteiger partial charge in [0.25, 0.3) is 0 Å². The van der Waals surface area contributed by atoms with E-state index in [1.807, 2.05) is 0 Å². The molecule has 0 aliphatic heterocycles. The van der Waals surface area contributed by atoms with Gasteiger partial charge < -0.3 is 5.32 Å². The summed E-state index contributed by atoms with van der Waals surface area (Å²) in [5.41, 5.74) is 0.531. The number of rotatable bonds is 5. The van der Waals surface area contributed by atoms with Crippen molar-refractivity contribution in [2.24, 2.45) is 5.92 Å². The molecule has 0 amide bonds. The van der Waals surface area contributed by atoms with Gasteiger partial charge >= 0.3 is 6.18 Å². The standard InChI is InChI=1S/C15H18F3N3/c1-11(2)9-19-10-13-6-7-21(20-13)14-5-3-4-12(8-14)15(16,17)18/h3-8,11,19H,9-10H2,1-2H3. The van der Waals surface area contributed by atoms with E-state index in [4.69, 9.17) is 0 Å². The third-order valence-electron chi connectivity index (χ3n) is 2.94. The van der Waals surface area contributed by atoms with Crippen LogP contribution in [0.15, 0.2) is 36.5 Å². The molecule has 3 nitrogen and oxygen atoms in total. The van der Waals surface area contributed by atoms with E-state index in [0.717, 1.165) is 24.4 Å². The quantitative estimate of drug-likeness (QED) is 0.913. The number of nitrogens with one attached hydrogen (secondary N) is 1. The second-order valence-electron chi connectivity index (χ2n) is 5.32. The van der Waals surface area contributed by atoms with Crippen LogP contribution >= 0.6 is 0 Å². The monoisotopic (exact) mass is 297 g/mol. The van der Waals surface area contributed by atoms with Gasteiger partial charge in [-0.2, -0.15) is 18.3 Å². The Kier molecular flexibility index (Phi) is 4.67. The van der Waals surface area contributed by atoms with E-state index in [2.05, 4.69) is 24.3 Å². The Morgan fingerprint density at radius 2 is 2.00 bits per heavy atom. The summed E-state index contributed by atoms with van der Waals surface area (Å²) >= 11 is 0. The molecule has 114 valence electrons. The molecule has 6 heteroatoms. The van der Waals surface area contributed by atoms with E-state index >= 15 is 0 Å². The lowest BCUT2D eigenvalue weighted by molar-refractivity contribution is -0.137. The van der Waals surface area contributed by atoms with Crippen molar-refractivity contribution in [3.8, 4) is 5.69 Å². The molecule has 2 aromatic rings. The topological polar surface area (TPSA) is 29.9 Å². The summed E-state index contributed by atoms with van der Waals surface area (Å²) in [4.78, 5) is 0. The van der Waals surface area contributed by atoms with Crippen LogP contribution in [0, 0.1) is 5.92 Å². The fourth-order valence-corrected chi connectivity index (χ4v) is 1.91. The number of halogens is 3. The second-order valence-corrected chi connectivity index (χ2v) is 5.32. The van der Waals surface area contributed by atoms with Crippen molar-refractivity contribution < 1.29 is 13.2 Å². The van der Waals surface area contributed by atoms with Crippen LogP contribution in [0.1, 0.15) is 25.1 Å². The highest BCUT2D eigenvalue weighted by Crippen LogP contribution is 2.30. The van der Waals surface area contributed by atoms with Crippen molar-refractivity contribution in [1.29, 1.82) is 0 Å². The third kappa shape index (κ3) is 4.32. The fourth-order valence-electron chi connectivity index (χ4n) is 1.91. The second kappa shape index (κ2) is 6.30. The van der Waals surface area contributed by atoms with Gasteiger partial charge in [-0.1, -0.05) is 19.9 Å². The number of aromatic nitrogens is 2. The molecule has 0 fully saturated rings. The molecule has 1 aromatic heterocycles. The Morgan fingerprint density at radius 3 is 2.67 bits per heavy atom. The summed E-state index contributed by atoms with van der Waals surface area (Å²) in [6.45, 7) is 5.68. The lowest BCUT2D eigenvalue weighted by atomic mass is 10.2. The zero-order valence-corrected chi connectivity index (χ0v) is 12.0. The zero-order valence-electron chi connectivity index (χ0n) is 12.0. The molecule has 1 aromatic carbocycles. The van der Waals surface area contributed by atoms with Crippen molar-refractivity contribution >= 4 is 0 Å². The summed E-state index contributed by atoms with van der Waals surface area (Å²) in [6, 6.07) is 6.94. The lowest BCUT2D eigenvalue weighted by Gasteiger charge is -2.08. The van der Waals surface area contributed by atoms with Gasteiger partial charge in [-0.05, 0) is 36.7 Å². The molecule has 1 N–H and O–H groups in total. The van der Waals surface area contributed by atoms with E-state index < -0.39 is 11.7 Å². The van der Waals surface area contributed by atoms with Gasteiger partial charge in [-0.25, -0.2) is 4.68 Å². The largest absolute Gasteiger partial charge is 0.416 e. The molecule has 0 aliphatic carbocycles. The van der Waals surface area contributed by atoms with Gasteiger partial charge in [-0.15, -0.1) is 0 Å². The molecule has 0 aliphatic rings. The molecule has 1 heterocycles. The van der Waals surface area contributed by atoms with Gasteiger partial charge in [0, 0.05) is 12.7 Å². The van der Waals surface area contributed by atoms with E-state index in [-0.39, 0.29) is 0 Å². The summed E-state index contributed by atoms with van der Waals surface area (Å²) in [6.07, 6.45) is -2.67. The van der Waals surface area contributed by atoms with E-state index in [0.29, 0.717) is 18.2 Å². The van der Waals surface area contributed by atoms with Gasteiger partial charge in [-0.3, -0.25) is 0 Å². The number of benzene rings is 1. The van der Waals surface area contributed by atoms with Crippen LogP contribution in [0.5, 0.6) is 0 Å². The molecule has 0 atom stereocenters. The van der Waals surface area contributed by atoms with Crippen molar-refractivity contribution in [2.75, 3.05) is 6.54 Å². The summed E-state index contributed by atoms with van der Waals surface area (Å²) in [5, 5.41) is 7.53. The Balaban J connectivity index is 2.11. The Morgan fingerprint density at radius 1 is 1.24 bits per heavy atom. The zero-order chi connectivity index (χ0) is 15.5. The smallest absolute Gasteiger partial charge is 0.311 e. The maximum Gasteiger partial charge on any atom is 0.416 e. The summed E-state index contributed by atoms with van der Waals surface area (Å²) in [5.74, 6) is 0.538. The van der Waals surface area contributed by atoms with Crippen LogP contribution < -0.4 is 5.32 Å². The fraction of sp³-hybridized carbons (Fsp3) is 0.400. The highest BCUT2D eigenvalue weighted by atomic mass is 19.4. The normalized spacial score (nSPS) is 12.1. The van der Waals surface area contributed by atoms with Crippen LogP contribution in [0.3, 0.4) is 0 Å². The van der Waals surface area contributed by atoms with Crippen molar-refractivity contribution in [1.82, 2.24) is 15.1 Å². The predicted molar refractivity (Wildman–Crippen MR) is 75.1 cm³/mol. The summed E-state index contributed by atoms with van der Waals surface area (Å²) in [7, 11) is 0. The molecule has 0 unspecified atom stereocenters. The molecule has 0 bridgehead atoms. The van der Waals surface area contributed by atoms with Crippen molar-refractivity contribution in [2.45, 2.75) is 26.6 Å². The first kappa shape index (κ1) is 15.6. The molecule has 0 saturated heterocycles. The average molecular weight is 297 g/mol. The first-order valence-electron chi connectivity index (χ1n) is 6.79. The first-order chi connectivity index (χ1) is 9.86. The molecule has 0 spiro atoms. The Hall–Kier alpha value is -1.82. The van der Waals surface area contributed by atoms with Gasteiger partial charge in [0.1, 0.15) is 0 Å². The van der Waals surface area contributed by atoms with Crippen LogP contribution in [0.2, 0.25) is 0 Å².